The standard InChI is InChI=1S/C16H14N4S2/c1-19-11-7-3-5-9-13(11)21-15(19)17-18-16-20(2)12-8-4-6-10-14(12)22-16/h3-10H,1-2H3/q+1/b17-15-,18-16+. The average Bonchev–Trinajstić information content (AvgIpc) is 3.04. The van der Waals surface area contributed by atoms with Crippen LogP contribution < -0.4 is 9.70 Å². The summed E-state index contributed by atoms with van der Waals surface area (Å²) in [5.41, 5.74) is 2.37. The number of para-hydroxylation sites is 2. The fourth-order valence-electron chi connectivity index (χ4n) is 2.44. The maximum Gasteiger partial charge on any atom is 0.341 e. The van der Waals surface area contributed by atoms with Crippen LogP contribution in [-0.2, 0) is 7.05 Å². The van der Waals surface area contributed by atoms with Gasteiger partial charge in [-0.05, 0) is 18.2 Å². The molecule has 1 radical (unpaired) electrons. The molecule has 109 valence electrons. The first-order chi connectivity index (χ1) is 10.7. The number of anilines is 1. The van der Waals surface area contributed by atoms with Crippen molar-refractivity contribution in [2.45, 2.75) is 4.90 Å². The summed E-state index contributed by atoms with van der Waals surface area (Å²) in [6, 6.07) is 16.6. The molecule has 2 heterocycles. The Bertz CT molecular complexity index is 952. The van der Waals surface area contributed by atoms with Crippen molar-refractivity contribution >= 4 is 44.2 Å². The topological polar surface area (TPSA) is 35.5 Å². The molecule has 22 heavy (non-hydrogen) atoms. The highest BCUT2D eigenvalue weighted by atomic mass is 32.2. The predicted molar refractivity (Wildman–Crippen MR) is 93.8 cm³/mol. The van der Waals surface area contributed by atoms with E-state index in [0.717, 1.165) is 9.97 Å². The largest absolute Gasteiger partial charge is 0.341 e. The summed E-state index contributed by atoms with van der Waals surface area (Å²) in [5.74, 6) is 0. The van der Waals surface area contributed by atoms with Crippen LogP contribution in [0.3, 0.4) is 0 Å². The van der Waals surface area contributed by atoms with Gasteiger partial charge in [0.05, 0.1) is 15.1 Å². The third-order valence-corrected chi connectivity index (χ3v) is 5.86. The molecule has 1 aliphatic heterocycles. The zero-order valence-corrected chi connectivity index (χ0v) is 13.9. The minimum Gasteiger partial charge on any atom is -0.318 e. The number of fused-ring (bicyclic) bond motifs is 2. The molecule has 4 rings (SSSR count). The first-order valence-electron chi connectivity index (χ1n) is 6.91. The number of thioether (sulfide) groups is 1. The van der Waals surface area contributed by atoms with E-state index >= 15 is 0 Å². The maximum atomic E-state index is 4.47. The number of hydrogen-bond acceptors (Lipinski definition) is 4. The van der Waals surface area contributed by atoms with E-state index in [2.05, 4.69) is 43.9 Å². The van der Waals surface area contributed by atoms with E-state index < -0.39 is 0 Å². The summed E-state index contributed by atoms with van der Waals surface area (Å²) >= 11 is 3.31. The van der Waals surface area contributed by atoms with Gasteiger partial charge in [0.2, 0.25) is 10.5 Å². The Morgan fingerprint density at radius 1 is 1.00 bits per heavy atom. The molecular weight excluding hydrogens is 312 g/mol. The molecule has 0 spiro atoms. The number of thiazole rings is 1. The fourth-order valence-corrected chi connectivity index (χ4v) is 4.38. The number of hydrogen-bond donors (Lipinski definition) is 0. The maximum absolute atomic E-state index is 4.47. The van der Waals surface area contributed by atoms with E-state index in [0.29, 0.717) is 0 Å². The summed E-state index contributed by atoms with van der Waals surface area (Å²) in [7, 11) is 4.05. The Labute approximate surface area is 136 Å². The first kappa shape index (κ1) is 13.8. The summed E-state index contributed by atoms with van der Waals surface area (Å²) < 4.78 is 3.30. The minimum absolute atomic E-state index is 0.902. The lowest BCUT2D eigenvalue weighted by Crippen LogP contribution is -2.20. The van der Waals surface area contributed by atoms with Gasteiger partial charge in [-0.25, -0.2) is 0 Å². The number of aromatic nitrogens is 1. The van der Waals surface area contributed by atoms with Crippen molar-refractivity contribution in [1.82, 2.24) is 9.47 Å². The highest BCUT2D eigenvalue weighted by molar-refractivity contribution is 8.14. The Balaban J connectivity index is 1.76. The Kier molecular flexibility index (Phi) is 3.37. The van der Waals surface area contributed by atoms with Gasteiger partial charge in [-0.15, -0.1) is 5.10 Å². The molecule has 0 bridgehead atoms. The van der Waals surface area contributed by atoms with Crippen LogP contribution >= 0.6 is 23.1 Å². The molecule has 3 aromatic rings. The van der Waals surface area contributed by atoms with Crippen LogP contribution in [0.25, 0.3) is 10.2 Å². The molecule has 6 heteroatoms. The second-order valence-corrected chi connectivity index (χ2v) is 7.04. The smallest absolute Gasteiger partial charge is 0.318 e. The fraction of sp³-hybridized carbons (Fsp3) is 0.125. The monoisotopic (exact) mass is 326 g/mol. The van der Waals surface area contributed by atoms with Crippen molar-refractivity contribution in [3.8, 4) is 0 Å². The molecule has 0 amide bonds. The van der Waals surface area contributed by atoms with Gasteiger partial charge in [0.1, 0.15) is 7.05 Å². The van der Waals surface area contributed by atoms with Crippen LogP contribution in [0, 0.1) is 0 Å². The van der Waals surface area contributed by atoms with Gasteiger partial charge in [-0.2, -0.15) is 0 Å². The Hall–Kier alpha value is -1.89. The van der Waals surface area contributed by atoms with E-state index in [1.54, 1.807) is 23.1 Å². The number of aryl methyl sites for hydroxylation is 1. The first-order valence-corrected chi connectivity index (χ1v) is 8.54. The molecule has 1 aromatic heterocycles. The SMILES string of the molecule is Cn1/c(=N\N=C2/Sc3ccccc3[N+]2C)sc2ccccc21. The lowest BCUT2D eigenvalue weighted by Gasteiger charge is -1.95. The molecular formula is C16H14N4S2+. The predicted octanol–water partition coefficient (Wildman–Crippen LogP) is 3.62. The minimum atomic E-state index is 0.902. The van der Waals surface area contributed by atoms with E-state index in [9.17, 15) is 0 Å². The van der Waals surface area contributed by atoms with Crippen LogP contribution in [0.5, 0.6) is 0 Å². The number of rotatable bonds is 1. The lowest BCUT2D eigenvalue weighted by atomic mass is 10.3. The van der Waals surface area contributed by atoms with E-state index in [4.69, 9.17) is 0 Å². The van der Waals surface area contributed by atoms with Gasteiger partial charge in [-0.1, -0.05) is 45.6 Å². The van der Waals surface area contributed by atoms with Crippen molar-refractivity contribution in [3.63, 3.8) is 0 Å². The molecule has 0 saturated carbocycles. The molecule has 0 N–H and O–H groups in total. The van der Waals surface area contributed by atoms with E-state index in [1.165, 1.54) is 20.8 Å². The van der Waals surface area contributed by atoms with E-state index in [-0.39, 0.29) is 0 Å². The highest BCUT2D eigenvalue weighted by Crippen LogP contribution is 2.38. The van der Waals surface area contributed by atoms with Crippen LogP contribution in [0.2, 0.25) is 0 Å². The van der Waals surface area contributed by atoms with Gasteiger partial charge >= 0.3 is 5.17 Å². The Morgan fingerprint density at radius 3 is 2.59 bits per heavy atom. The zero-order chi connectivity index (χ0) is 15.1. The van der Waals surface area contributed by atoms with Gasteiger partial charge < -0.3 is 4.57 Å². The molecule has 0 fully saturated rings. The van der Waals surface area contributed by atoms with Gasteiger partial charge in [-0.3, -0.25) is 0 Å². The van der Waals surface area contributed by atoms with Crippen molar-refractivity contribution in [1.29, 1.82) is 0 Å². The van der Waals surface area contributed by atoms with Crippen molar-refractivity contribution in [3.05, 3.63) is 53.3 Å². The molecule has 2 aromatic carbocycles. The summed E-state index contributed by atoms with van der Waals surface area (Å²) in [6.45, 7) is 0. The lowest BCUT2D eigenvalue weighted by molar-refractivity contribution is 0.865. The van der Waals surface area contributed by atoms with Gasteiger partial charge in [0.25, 0.3) is 0 Å². The number of nitrogens with zero attached hydrogens (tertiary/aromatic N) is 4. The molecule has 0 saturated heterocycles. The third kappa shape index (κ3) is 2.20. The van der Waals surface area contributed by atoms with Gasteiger partial charge in [0.15, 0.2) is 0 Å². The molecule has 0 atom stereocenters. The molecule has 1 aliphatic rings. The zero-order valence-electron chi connectivity index (χ0n) is 12.2. The average molecular weight is 326 g/mol. The highest BCUT2D eigenvalue weighted by Gasteiger charge is 2.34. The normalized spacial score (nSPS) is 17.5. The van der Waals surface area contributed by atoms with Gasteiger partial charge in [0, 0.05) is 24.9 Å². The van der Waals surface area contributed by atoms with Crippen LogP contribution in [0.4, 0.5) is 5.69 Å². The van der Waals surface area contributed by atoms with Crippen molar-refractivity contribution in [2.75, 3.05) is 7.05 Å². The summed E-state index contributed by atoms with van der Waals surface area (Å²) in [4.78, 5) is 4.20. The van der Waals surface area contributed by atoms with Crippen molar-refractivity contribution in [2.24, 2.45) is 17.3 Å². The van der Waals surface area contributed by atoms with Crippen LogP contribution in [0.15, 0.2) is 63.6 Å². The second kappa shape index (κ2) is 5.39. The summed E-state index contributed by atoms with van der Waals surface area (Å²) in [5, 5.41) is 9.83. The third-order valence-electron chi connectivity index (χ3n) is 3.65. The summed E-state index contributed by atoms with van der Waals surface area (Å²) in [6.07, 6.45) is 0. The second-order valence-electron chi connectivity index (χ2n) is 5.02. The van der Waals surface area contributed by atoms with Crippen molar-refractivity contribution < 1.29 is 0 Å². The Morgan fingerprint density at radius 2 is 1.77 bits per heavy atom. The molecule has 4 nitrogen and oxygen atoms in total. The molecule has 0 unspecified atom stereocenters. The molecule has 0 aliphatic carbocycles. The number of benzene rings is 2. The van der Waals surface area contributed by atoms with E-state index in [1.807, 2.05) is 38.4 Å². The quantitative estimate of drug-likeness (QED) is 0.497. The van der Waals surface area contributed by atoms with Crippen LogP contribution in [-0.4, -0.2) is 16.8 Å². The number of amidine groups is 1. The van der Waals surface area contributed by atoms with Crippen LogP contribution in [0.1, 0.15) is 0 Å².